The van der Waals surface area contributed by atoms with Crippen LogP contribution in [0.15, 0.2) is 41.4 Å². The summed E-state index contributed by atoms with van der Waals surface area (Å²) in [6.45, 7) is 1.46. The molecule has 2 aliphatic heterocycles. The Labute approximate surface area is 218 Å². The first-order valence-corrected chi connectivity index (χ1v) is 12.9. The van der Waals surface area contributed by atoms with Gasteiger partial charge >= 0.3 is 0 Å². The molecule has 0 aliphatic carbocycles. The minimum absolute atomic E-state index is 0.100. The summed E-state index contributed by atoms with van der Waals surface area (Å²) in [7, 11) is 3.07. The first kappa shape index (κ1) is 25.3. The zero-order chi connectivity index (χ0) is 26.0. The minimum atomic E-state index is -1.01. The number of pyridine rings is 3. The van der Waals surface area contributed by atoms with E-state index >= 15 is 0 Å². The number of hydrogen-bond donors (Lipinski definition) is 3. The molecule has 1 atom stereocenters. The molecule has 0 spiro atoms. The molecule has 1 fully saturated rings. The van der Waals surface area contributed by atoms with Crippen molar-refractivity contribution in [1.82, 2.24) is 19.9 Å². The van der Waals surface area contributed by atoms with Crippen LogP contribution in [-0.4, -0.2) is 82.0 Å². The number of rotatable bonds is 7. The number of fused-ring (bicyclic) bond motifs is 2. The maximum atomic E-state index is 13.4. The standard InChI is InChI=1S/C25H28N6O5S/c1-35-21-6-4-16-22(30-21)17(7-10-26-16)28-24(34)25(36-2)8-11-31(12-9-25)13-18(32)15-3-5-19-23(27-15)29-20(33)14-37-19/h3-7,10,18,32H,8-9,11-14H2,1-2H3,(H,26,28,34)(H,27,29,33)/t18-/m0/s1. The topological polar surface area (TPSA) is 139 Å². The second-order valence-corrected chi connectivity index (χ2v) is 9.99. The molecule has 1 saturated heterocycles. The van der Waals surface area contributed by atoms with Crippen molar-refractivity contribution in [3.63, 3.8) is 0 Å². The van der Waals surface area contributed by atoms with Gasteiger partial charge in [-0.25, -0.2) is 9.97 Å². The molecule has 11 nitrogen and oxygen atoms in total. The molecule has 37 heavy (non-hydrogen) atoms. The number of aliphatic hydroxyl groups excluding tert-OH is 1. The Morgan fingerprint density at radius 3 is 2.78 bits per heavy atom. The maximum absolute atomic E-state index is 13.4. The predicted molar refractivity (Wildman–Crippen MR) is 139 cm³/mol. The zero-order valence-corrected chi connectivity index (χ0v) is 21.4. The monoisotopic (exact) mass is 524 g/mol. The third-order valence-electron chi connectivity index (χ3n) is 6.75. The van der Waals surface area contributed by atoms with Crippen LogP contribution in [0.3, 0.4) is 0 Å². The molecule has 0 radical (unpaired) electrons. The molecule has 194 valence electrons. The van der Waals surface area contributed by atoms with Gasteiger partial charge in [-0.2, -0.15) is 0 Å². The smallest absolute Gasteiger partial charge is 0.256 e. The van der Waals surface area contributed by atoms with Gasteiger partial charge in [0.05, 0.1) is 34.7 Å². The Balaban J connectivity index is 1.23. The summed E-state index contributed by atoms with van der Waals surface area (Å²) < 4.78 is 11.0. The quantitative estimate of drug-likeness (QED) is 0.422. The van der Waals surface area contributed by atoms with Crippen LogP contribution < -0.4 is 15.4 Å². The fraction of sp³-hybridized carbons (Fsp3) is 0.400. The van der Waals surface area contributed by atoms with Crippen molar-refractivity contribution >= 4 is 46.1 Å². The first-order chi connectivity index (χ1) is 17.9. The van der Waals surface area contributed by atoms with Gasteiger partial charge in [0.1, 0.15) is 23.0 Å². The molecule has 5 heterocycles. The summed E-state index contributed by atoms with van der Waals surface area (Å²) in [4.78, 5) is 41.2. The molecule has 3 aromatic heterocycles. The minimum Gasteiger partial charge on any atom is -0.481 e. The molecular formula is C25H28N6O5S. The second-order valence-electron chi connectivity index (χ2n) is 8.97. The van der Waals surface area contributed by atoms with Crippen LogP contribution in [-0.2, 0) is 14.3 Å². The number of nitrogens with zero attached hydrogens (tertiary/aromatic N) is 4. The van der Waals surface area contributed by atoms with E-state index in [4.69, 9.17) is 9.47 Å². The van der Waals surface area contributed by atoms with Gasteiger partial charge in [0.15, 0.2) is 0 Å². The summed E-state index contributed by atoms with van der Waals surface area (Å²) in [6, 6.07) is 8.86. The summed E-state index contributed by atoms with van der Waals surface area (Å²) in [5.74, 6) is 0.927. The van der Waals surface area contributed by atoms with E-state index in [1.54, 1.807) is 37.6 Å². The number of hydrogen-bond acceptors (Lipinski definition) is 10. The Morgan fingerprint density at radius 1 is 1.22 bits per heavy atom. The molecule has 0 unspecified atom stereocenters. The molecule has 2 aliphatic rings. The van der Waals surface area contributed by atoms with Crippen LogP contribution in [0.4, 0.5) is 11.5 Å². The fourth-order valence-electron chi connectivity index (χ4n) is 4.58. The number of thioether (sulfide) groups is 1. The summed E-state index contributed by atoms with van der Waals surface area (Å²) >= 11 is 1.43. The molecule has 0 saturated carbocycles. The number of aliphatic hydroxyl groups is 1. The van der Waals surface area contributed by atoms with E-state index in [0.717, 1.165) is 4.90 Å². The Hall–Kier alpha value is -3.32. The molecule has 0 bridgehead atoms. The lowest BCUT2D eigenvalue weighted by atomic mass is 9.89. The van der Waals surface area contributed by atoms with Gasteiger partial charge in [0, 0.05) is 39.0 Å². The van der Waals surface area contributed by atoms with Crippen LogP contribution in [0.2, 0.25) is 0 Å². The third-order valence-corrected chi connectivity index (χ3v) is 7.80. The number of carbonyl (C=O) groups excluding carboxylic acids is 2. The molecule has 12 heteroatoms. The average Bonchev–Trinajstić information content (AvgIpc) is 2.93. The Bertz CT molecular complexity index is 1330. The van der Waals surface area contributed by atoms with Crippen molar-refractivity contribution in [3.8, 4) is 5.88 Å². The molecule has 2 amide bonds. The Morgan fingerprint density at radius 2 is 2.03 bits per heavy atom. The van der Waals surface area contributed by atoms with E-state index < -0.39 is 11.7 Å². The number of anilines is 2. The predicted octanol–water partition coefficient (Wildman–Crippen LogP) is 2.23. The number of carbonyl (C=O) groups is 2. The van der Waals surface area contributed by atoms with Crippen molar-refractivity contribution in [2.45, 2.75) is 29.4 Å². The summed E-state index contributed by atoms with van der Waals surface area (Å²) in [5, 5.41) is 16.5. The van der Waals surface area contributed by atoms with Crippen LogP contribution in [0, 0.1) is 0 Å². The van der Waals surface area contributed by atoms with E-state index in [2.05, 4.69) is 30.5 Å². The average molecular weight is 525 g/mol. The lowest BCUT2D eigenvalue weighted by molar-refractivity contribution is -0.144. The summed E-state index contributed by atoms with van der Waals surface area (Å²) in [5.41, 5.74) is 1.20. The highest BCUT2D eigenvalue weighted by molar-refractivity contribution is 8.00. The van der Waals surface area contributed by atoms with Crippen molar-refractivity contribution in [1.29, 1.82) is 0 Å². The molecule has 0 aromatic carbocycles. The van der Waals surface area contributed by atoms with Gasteiger partial charge < -0.3 is 30.1 Å². The molecule has 5 rings (SSSR count). The van der Waals surface area contributed by atoms with E-state index in [1.807, 2.05) is 6.07 Å². The number of likely N-dealkylation sites (tertiary alicyclic amines) is 1. The molecule has 3 aromatic rings. The van der Waals surface area contributed by atoms with Crippen LogP contribution in [0.25, 0.3) is 11.0 Å². The first-order valence-electron chi connectivity index (χ1n) is 11.9. The highest BCUT2D eigenvalue weighted by atomic mass is 32.2. The van der Waals surface area contributed by atoms with Crippen molar-refractivity contribution < 1.29 is 24.2 Å². The highest BCUT2D eigenvalue weighted by Gasteiger charge is 2.42. The second kappa shape index (κ2) is 10.6. The Kier molecular flexibility index (Phi) is 7.24. The lowest BCUT2D eigenvalue weighted by Gasteiger charge is -2.40. The van der Waals surface area contributed by atoms with Gasteiger partial charge in [-0.1, -0.05) is 0 Å². The van der Waals surface area contributed by atoms with E-state index in [9.17, 15) is 14.7 Å². The normalized spacial score (nSPS) is 18.1. The number of methoxy groups -OCH3 is 2. The van der Waals surface area contributed by atoms with Crippen LogP contribution >= 0.6 is 11.8 Å². The molecular weight excluding hydrogens is 496 g/mol. The van der Waals surface area contributed by atoms with Gasteiger partial charge in [0.25, 0.3) is 5.91 Å². The van der Waals surface area contributed by atoms with Gasteiger partial charge in [-0.15, -0.1) is 11.8 Å². The SMILES string of the molecule is COc1ccc2nccc(NC(=O)C3(OC)CCN(C[C@H](O)c4ccc5c(n4)NC(=O)CS5)CC3)c2n1. The fourth-order valence-corrected chi connectivity index (χ4v) is 5.34. The van der Waals surface area contributed by atoms with Crippen LogP contribution in [0.1, 0.15) is 24.6 Å². The van der Waals surface area contributed by atoms with Crippen molar-refractivity contribution in [2.75, 3.05) is 50.2 Å². The van der Waals surface area contributed by atoms with Crippen molar-refractivity contribution in [2.24, 2.45) is 0 Å². The van der Waals surface area contributed by atoms with E-state index in [0.29, 0.717) is 72.3 Å². The van der Waals surface area contributed by atoms with Crippen molar-refractivity contribution in [3.05, 3.63) is 42.2 Å². The number of amides is 2. The summed E-state index contributed by atoms with van der Waals surface area (Å²) in [6.07, 6.45) is 1.69. The maximum Gasteiger partial charge on any atom is 0.256 e. The van der Waals surface area contributed by atoms with E-state index in [-0.39, 0.29) is 11.8 Å². The number of β-amino-alcohol motifs (C(OH)–C–C–N with tert-alkyl or cyclic N) is 1. The number of nitrogens with one attached hydrogen (secondary N) is 2. The number of aromatic nitrogens is 3. The zero-order valence-electron chi connectivity index (χ0n) is 20.6. The third kappa shape index (κ3) is 5.23. The van der Waals surface area contributed by atoms with Gasteiger partial charge in [-0.05, 0) is 37.1 Å². The number of ether oxygens (including phenoxy) is 2. The number of piperidine rings is 1. The lowest BCUT2D eigenvalue weighted by Crippen LogP contribution is -2.53. The van der Waals surface area contributed by atoms with E-state index in [1.165, 1.54) is 18.9 Å². The largest absolute Gasteiger partial charge is 0.481 e. The van der Waals surface area contributed by atoms with Gasteiger partial charge in [-0.3, -0.25) is 14.6 Å². The van der Waals surface area contributed by atoms with Gasteiger partial charge in [0.2, 0.25) is 11.8 Å². The van der Waals surface area contributed by atoms with Crippen LogP contribution in [0.5, 0.6) is 5.88 Å². The highest BCUT2D eigenvalue weighted by Crippen LogP contribution is 2.33. The molecule has 3 N–H and O–H groups in total.